The first-order valence-corrected chi connectivity index (χ1v) is 14.5. The van der Waals surface area contributed by atoms with Crippen molar-refractivity contribution in [1.29, 1.82) is 0 Å². The van der Waals surface area contributed by atoms with Gasteiger partial charge in [0.2, 0.25) is 10.0 Å². The van der Waals surface area contributed by atoms with Crippen LogP contribution in [0.2, 0.25) is 0 Å². The van der Waals surface area contributed by atoms with Gasteiger partial charge in [-0.05, 0) is 85.6 Å². The summed E-state index contributed by atoms with van der Waals surface area (Å²) in [6.45, 7) is 4.48. The molecule has 0 aliphatic heterocycles. The minimum Gasteiger partial charge on any atom is -0.392 e. The van der Waals surface area contributed by atoms with Crippen LogP contribution < -0.4 is 4.72 Å². The number of sulfonamides is 1. The summed E-state index contributed by atoms with van der Waals surface area (Å²) >= 11 is 0. The van der Waals surface area contributed by atoms with Gasteiger partial charge in [0.15, 0.2) is 0 Å². The molecule has 5 rings (SSSR count). The first-order valence-electron chi connectivity index (χ1n) is 13.0. The van der Waals surface area contributed by atoms with Crippen LogP contribution in [-0.4, -0.2) is 34.7 Å². The Balaban J connectivity index is 1.31. The van der Waals surface area contributed by atoms with E-state index in [1.807, 2.05) is 35.1 Å². The molecule has 2 aromatic carbocycles. The largest absolute Gasteiger partial charge is 0.392 e. The van der Waals surface area contributed by atoms with E-state index >= 15 is 0 Å². The fourth-order valence-corrected chi connectivity index (χ4v) is 6.75. The molecule has 8 heteroatoms. The van der Waals surface area contributed by atoms with Crippen LogP contribution >= 0.6 is 0 Å². The molecule has 2 aliphatic rings. The number of halogens is 1. The zero-order valence-corrected chi connectivity index (χ0v) is 22.1. The summed E-state index contributed by atoms with van der Waals surface area (Å²) in [7, 11) is -3.25. The SMILES string of the molecule is CCC1=Cc2c(cnn2-c2ccc(F)cc2)CC1(C)[C@@H](O)CCc1ccccc1CNS(=O)(=O)C1CC1. The number of aryl methyl sites for hydroxylation is 1. The molecular weight excluding hydrogens is 489 g/mol. The van der Waals surface area contributed by atoms with Crippen LogP contribution in [-0.2, 0) is 29.4 Å². The molecule has 0 radical (unpaired) electrons. The van der Waals surface area contributed by atoms with Crippen LogP contribution in [0, 0.1) is 11.2 Å². The quantitative estimate of drug-likeness (QED) is 0.394. The van der Waals surface area contributed by atoms with Crippen molar-refractivity contribution >= 4 is 16.1 Å². The van der Waals surface area contributed by atoms with E-state index in [1.54, 1.807) is 12.1 Å². The van der Waals surface area contributed by atoms with Gasteiger partial charge in [0.05, 0.1) is 28.9 Å². The highest BCUT2D eigenvalue weighted by atomic mass is 32.2. The average Bonchev–Trinajstić information content (AvgIpc) is 3.68. The molecule has 3 aromatic rings. The highest BCUT2D eigenvalue weighted by Gasteiger charge is 2.40. The van der Waals surface area contributed by atoms with Crippen molar-refractivity contribution in [2.24, 2.45) is 5.41 Å². The molecule has 1 aromatic heterocycles. The summed E-state index contributed by atoms with van der Waals surface area (Å²) in [6.07, 6.45) is 7.51. The number of nitrogens with zero attached hydrogens (tertiary/aromatic N) is 2. The van der Waals surface area contributed by atoms with Gasteiger partial charge in [0, 0.05) is 12.0 Å². The van der Waals surface area contributed by atoms with E-state index in [-0.39, 0.29) is 17.6 Å². The van der Waals surface area contributed by atoms with Gasteiger partial charge in [-0.2, -0.15) is 5.10 Å². The van der Waals surface area contributed by atoms with E-state index in [1.165, 1.54) is 12.1 Å². The van der Waals surface area contributed by atoms with Gasteiger partial charge in [-0.25, -0.2) is 22.2 Å². The van der Waals surface area contributed by atoms with Gasteiger partial charge >= 0.3 is 0 Å². The maximum Gasteiger partial charge on any atom is 0.214 e. The van der Waals surface area contributed by atoms with E-state index in [4.69, 9.17) is 0 Å². The van der Waals surface area contributed by atoms with Crippen molar-refractivity contribution in [2.45, 2.75) is 70.3 Å². The third-order valence-electron chi connectivity index (χ3n) is 7.91. The second-order valence-electron chi connectivity index (χ2n) is 10.4. The molecule has 2 aliphatic carbocycles. The third kappa shape index (κ3) is 5.28. The Morgan fingerprint density at radius 2 is 1.86 bits per heavy atom. The van der Waals surface area contributed by atoms with Gasteiger partial charge in [-0.15, -0.1) is 0 Å². The Hall–Kier alpha value is -2.81. The van der Waals surface area contributed by atoms with Crippen LogP contribution in [0.1, 0.15) is 61.9 Å². The van der Waals surface area contributed by atoms with Gasteiger partial charge in [0.25, 0.3) is 0 Å². The lowest BCUT2D eigenvalue weighted by atomic mass is 9.67. The van der Waals surface area contributed by atoms with Crippen LogP contribution in [0.5, 0.6) is 0 Å². The average molecular weight is 524 g/mol. The Morgan fingerprint density at radius 3 is 2.54 bits per heavy atom. The van der Waals surface area contributed by atoms with Crippen LogP contribution in [0.3, 0.4) is 0 Å². The summed E-state index contributed by atoms with van der Waals surface area (Å²) in [5, 5.41) is 15.8. The van der Waals surface area contributed by atoms with Gasteiger partial charge in [-0.3, -0.25) is 0 Å². The summed E-state index contributed by atoms with van der Waals surface area (Å²) < 4.78 is 42.6. The minimum absolute atomic E-state index is 0.246. The standard InChI is InChI=1S/C29H34FN3O3S/c1-3-23-16-27-22(18-31-33(27)25-11-9-24(30)10-12-25)17-29(23,2)28(34)15-8-20-6-4-5-7-21(20)19-32-37(35,36)26-13-14-26/h4-7,9-12,16,18,26,28,32,34H,3,8,13-15,17,19H2,1-2H3/t28-,29?/m0/s1. The number of aromatic nitrogens is 2. The third-order valence-corrected chi connectivity index (χ3v) is 9.80. The normalized spacial score (nSPS) is 20.4. The molecule has 2 N–H and O–H groups in total. The lowest BCUT2D eigenvalue weighted by Crippen LogP contribution is -2.38. The molecule has 0 amide bonds. The van der Waals surface area contributed by atoms with Crippen LogP contribution in [0.25, 0.3) is 11.8 Å². The maximum atomic E-state index is 13.4. The molecular formula is C29H34FN3O3S. The number of fused-ring (bicyclic) bond motifs is 1. The van der Waals surface area contributed by atoms with Gasteiger partial charge < -0.3 is 5.11 Å². The number of rotatable bonds is 10. The van der Waals surface area contributed by atoms with Gasteiger partial charge in [0.1, 0.15) is 5.82 Å². The topological polar surface area (TPSA) is 84.2 Å². The Kier molecular flexibility index (Phi) is 7.09. The molecule has 0 saturated heterocycles. The van der Waals surface area contributed by atoms with Crippen molar-refractivity contribution in [3.8, 4) is 5.69 Å². The zero-order valence-electron chi connectivity index (χ0n) is 21.3. The van der Waals surface area contributed by atoms with E-state index in [9.17, 15) is 17.9 Å². The molecule has 1 fully saturated rings. The molecule has 1 heterocycles. The van der Waals surface area contributed by atoms with Crippen molar-refractivity contribution in [3.63, 3.8) is 0 Å². The summed E-state index contributed by atoms with van der Waals surface area (Å²) in [6, 6.07) is 14.1. The Labute approximate surface area is 218 Å². The molecule has 6 nitrogen and oxygen atoms in total. The number of nitrogens with one attached hydrogen (secondary N) is 1. The first-order chi connectivity index (χ1) is 17.7. The molecule has 37 heavy (non-hydrogen) atoms. The summed E-state index contributed by atoms with van der Waals surface area (Å²) in [5.74, 6) is -0.285. The predicted molar refractivity (Wildman–Crippen MR) is 143 cm³/mol. The monoisotopic (exact) mass is 523 g/mol. The number of aliphatic hydroxyl groups excluding tert-OH is 1. The second-order valence-corrected chi connectivity index (χ2v) is 12.5. The highest BCUT2D eigenvalue weighted by Crippen LogP contribution is 2.44. The molecule has 0 spiro atoms. The van der Waals surface area contributed by atoms with Crippen molar-refractivity contribution < 1.29 is 17.9 Å². The molecule has 196 valence electrons. The fraction of sp³-hybridized carbons (Fsp3) is 0.414. The van der Waals surface area contributed by atoms with E-state index in [0.29, 0.717) is 19.3 Å². The van der Waals surface area contributed by atoms with Crippen LogP contribution in [0.4, 0.5) is 4.39 Å². The minimum atomic E-state index is -3.25. The number of hydrogen-bond acceptors (Lipinski definition) is 4. The maximum absolute atomic E-state index is 13.4. The first kappa shape index (κ1) is 25.8. The smallest absolute Gasteiger partial charge is 0.214 e. The van der Waals surface area contributed by atoms with Crippen molar-refractivity contribution in [3.05, 3.63) is 88.5 Å². The van der Waals surface area contributed by atoms with E-state index in [0.717, 1.165) is 52.9 Å². The van der Waals surface area contributed by atoms with Gasteiger partial charge in [-0.1, -0.05) is 43.7 Å². The van der Waals surface area contributed by atoms with E-state index < -0.39 is 21.5 Å². The van der Waals surface area contributed by atoms with Crippen molar-refractivity contribution in [2.75, 3.05) is 0 Å². The Bertz CT molecular complexity index is 1410. The van der Waals surface area contributed by atoms with Crippen LogP contribution in [0.15, 0.2) is 60.3 Å². The molecule has 0 bridgehead atoms. The zero-order chi connectivity index (χ0) is 26.2. The molecule has 1 saturated carbocycles. The highest BCUT2D eigenvalue weighted by molar-refractivity contribution is 7.90. The summed E-state index contributed by atoms with van der Waals surface area (Å²) in [5.41, 5.74) is 5.53. The molecule has 1 unspecified atom stereocenters. The Morgan fingerprint density at radius 1 is 1.16 bits per heavy atom. The second kappa shape index (κ2) is 10.2. The summed E-state index contributed by atoms with van der Waals surface area (Å²) in [4.78, 5) is 0. The number of aliphatic hydroxyl groups is 1. The molecule has 2 atom stereocenters. The lowest BCUT2D eigenvalue weighted by molar-refractivity contribution is 0.0531. The predicted octanol–water partition coefficient (Wildman–Crippen LogP) is 4.94. The number of benzene rings is 2. The lowest BCUT2D eigenvalue weighted by Gasteiger charge is -2.39. The fourth-order valence-electron chi connectivity index (χ4n) is 5.41. The number of hydrogen-bond donors (Lipinski definition) is 2. The van der Waals surface area contributed by atoms with E-state index in [2.05, 4.69) is 29.7 Å². The van der Waals surface area contributed by atoms with Crippen molar-refractivity contribution in [1.82, 2.24) is 14.5 Å².